The SMILES string of the molecule is C=Cc1cccc2c1C(=O)N(Nc1nc(N)nc(NN3C(=O)c4cccc(C=C)c4C3=O)n1)C2=O. The number of nitrogen functional groups attached to an aromatic ring is 1. The van der Waals surface area contributed by atoms with E-state index in [0.717, 1.165) is 10.0 Å². The van der Waals surface area contributed by atoms with Crippen LogP contribution in [0, 0.1) is 0 Å². The molecule has 0 saturated carbocycles. The van der Waals surface area contributed by atoms with Gasteiger partial charge in [-0.1, -0.05) is 49.6 Å². The Morgan fingerprint density at radius 3 is 1.51 bits per heavy atom. The maximum atomic E-state index is 12.9. The second-order valence-electron chi connectivity index (χ2n) is 7.40. The summed E-state index contributed by atoms with van der Waals surface area (Å²) >= 11 is 0. The van der Waals surface area contributed by atoms with E-state index in [1.54, 1.807) is 24.3 Å². The number of carbonyl (C=O) groups is 4. The summed E-state index contributed by atoms with van der Waals surface area (Å²) in [5, 5.41) is 1.46. The monoisotopic (exact) mass is 468 g/mol. The van der Waals surface area contributed by atoms with Gasteiger partial charge in [-0.3, -0.25) is 30.0 Å². The number of carbonyl (C=O) groups excluding carboxylic acids is 4. The number of nitrogens with zero attached hydrogens (tertiary/aromatic N) is 5. The van der Waals surface area contributed by atoms with Gasteiger partial charge in [0.25, 0.3) is 23.6 Å². The van der Waals surface area contributed by atoms with Crippen molar-refractivity contribution in [3.8, 4) is 0 Å². The topological polar surface area (TPSA) is 164 Å². The lowest BCUT2D eigenvalue weighted by atomic mass is 10.0. The zero-order valence-corrected chi connectivity index (χ0v) is 18.0. The molecule has 1 aromatic heterocycles. The van der Waals surface area contributed by atoms with Crippen LogP contribution in [-0.4, -0.2) is 48.6 Å². The number of anilines is 3. The maximum Gasteiger partial charge on any atom is 0.281 e. The lowest BCUT2D eigenvalue weighted by Gasteiger charge is -2.18. The van der Waals surface area contributed by atoms with Crippen LogP contribution in [-0.2, 0) is 0 Å². The third-order valence-corrected chi connectivity index (χ3v) is 5.41. The van der Waals surface area contributed by atoms with Gasteiger partial charge in [-0.05, 0) is 23.3 Å². The third kappa shape index (κ3) is 3.28. The van der Waals surface area contributed by atoms with Crippen molar-refractivity contribution in [1.29, 1.82) is 0 Å². The number of benzene rings is 2. The van der Waals surface area contributed by atoms with E-state index in [0.29, 0.717) is 11.1 Å². The van der Waals surface area contributed by atoms with Crippen molar-refractivity contribution in [2.24, 2.45) is 0 Å². The summed E-state index contributed by atoms with van der Waals surface area (Å²) in [4.78, 5) is 63.2. The van der Waals surface area contributed by atoms with E-state index < -0.39 is 23.6 Å². The Balaban J connectivity index is 1.42. The molecule has 3 aromatic rings. The zero-order chi connectivity index (χ0) is 24.9. The summed E-state index contributed by atoms with van der Waals surface area (Å²) in [5.74, 6) is -3.34. The first-order chi connectivity index (χ1) is 16.8. The van der Waals surface area contributed by atoms with Crippen LogP contribution < -0.4 is 16.6 Å². The minimum Gasteiger partial charge on any atom is -0.368 e. The van der Waals surface area contributed by atoms with Crippen molar-refractivity contribution >= 4 is 53.6 Å². The molecule has 0 aliphatic carbocycles. The predicted octanol–water partition coefficient (Wildman–Crippen LogP) is 1.99. The van der Waals surface area contributed by atoms with Gasteiger partial charge in [0, 0.05) is 0 Å². The first kappa shape index (κ1) is 21.5. The fourth-order valence-electron chi connectivity index (χ4n) is 3.86. The van der Waals surface area contributed by atoms with Gasteiger partial charge in [0.05, 0.1) is 22.3 Å². The molecule has 0 fully saturated rings. The van der Waals surface area contributed by atoms with Gasteiger partial charge in [0.1, 0.15) is 0 Å². The second-order valence-corrected chi connectivity index (χ2v) is 7.40. The number of hydrazine groups is 2. The molecule has 2 aliphatic heterocycles. The molecule has 0 spiro atoms. The summed E-state index contributed by atoms with van der Waals surface area (Å²) in [5.41, 5.74) is 12.5. The molecule has 0 unspecified atom stereocenters. The van der Waals surface area contributed by atoms with Gasteiger partial charge < -0.3 is 5.73 Å². The molecule has 0 bridgehead atoms. The van der Waals surface area contributed by atoms with Crippen molar-refractivity contribution in [1.82, 2.24) is 25.0 Å². The number of fused-ring (bicyclic) bond motifs is 2. The molecule has 2 aromatic carbocycles. The molecule has 5 rings (SSSR count). The molecule has 0 saturated heterocycles. The molecule has 35 heavy (non-hydrogen) atoms. The number of hydrogen-bond acceptors (Lipinski definition) is 10. The van der Waals surface area contributed by atoms with Gasteiger partial charge >= 0.3 is 0 Å². The number of imide groups is 2. The molecular weight excluding hydrogens is 452 g/mol. The highest BCUT2D eigenvalue weighted by atomic mass is 16.2. The van der Waals surface area contributed by atoms with E-state index in [4.69, 9.17) is 5.73 Å². The van der Waals surface area contributed by atoms with E-state index in [-0.39, 0.29) is 40.1 Å². The van der Waals surface area contributed by atoms with Crippen molar-refractivity contribution in [3.63, 3.8) is 0 Å². The minimum atomic E-state index is -0.633. The molecule has 4 N–H and O–H groups in total. The van der Waals surface area contributed by atoms with Gasteiger partial charge in [-0.2, -0.15) is 25.0 Å². The average molecular weight is 468 g/mol. The summed E-state index contributed by atoms with van der Waals surface area (Å²) in [6.45, 7) is 7.32. The third-order valence-electron chi connectivity index (χ3n) is 5.41. The van der Waals surface area contributed by atoms with Crippen molar-refractivity contribution < 1.29 is 19.2 Å². The quantitative estimate of drug-likeness (QED) is 0.456. The van der Waals surface area contributed by atoms with E-state index >= 15 is 0 Å². The Labute approximate surface area is 197 Å². The summed E-state index contributed by atoms with van der Waals surface area (Å²) in [7, 11) is 0. The smallest absolute Gasteiger partial charge is 0.281 e. The van der Waals surface area contributed by atoms with Crippen LogP contribution in [0.4, 0.5) is 17.8 Å². The van der Waals surface area contributed by atoms with E-state index in [2.05, 4.69) is 39.0 Å². The summed E-state index contributed by atoms with van der Waals surface area (Å²) in [6, 6.07) is 9.60. The Kier molecular flexibility index (Phi) is 4.83. The average Bonchev–Trinajstić information content (AvgIpc) is 3.24. The fraction of sp³-hybridized carbons (Fsp3) is 0. The number of aromatic nitrogens is 3. The van der Waals surface area contributed by atoms with Crippen LogP contribution in [0.3, 0.4) is 0 Å². The van der Waals surface area contributed by atoms with Crippen LogP contribution in [0.25, 0.3) is 12.2 Å². The molecule has 12 nitrogen and oxygen atoms in total. The lowest BCUT2D eigenvalue weighted by molar-refractivity contribution is 0.0676. The largest absolute Gasteiger partial charge is 0.368 e. The number of nitrogens with one attached hydrogen (secondary N) is 2. The van der Waals surface area contributed by atoms with E-state index in [1.807, 2.05) is 0 Å². The molecule has 3 heterocycles. The number of hydrogen-bond donors (Lipinski definition) is 3. The highest BCUT2D eigenvalue weighted by Crippen LogP contribution is 2.28. The number of rotatable bonds is 6. The van der Waals surface area contributed by atoms with E-state index in [1.165, 1.54) is 24.3 Å². The Morgan fingerprint density at radius 1 is 0.686 bits per heavy atom. The van der Waals surface area contributed by atoms with Crippen LogP contribution in [0.2, 0.25) is 0 Å². The second kappa shape index (κ2) is 7.88. The molecule has 12 heteroatoms. The van der Waals surface area contributed by atoms with Gasteiger partial charge in [-0.25, -0.2) is 0 Å². The number of nitrogens with two attached hydrogens (primary N) is 1. The fourth-order valence-corrected chi connectivity index (χ4v) is 3.86. The highest BCUT2D eigenvalue weighted by molar-refractivity contribution is 6.24. The maximum absolute atomic E-state index is 12.9. The molecule has 0 radical (unpaired) electrons. The highest BCUT2D eigenvalue weighted by Gasteiger charge is 2.39. The molecular formula is C23H16N8O4. The minimum absolute atomic E-state index is 0.185. The lowest BCUT2D eigenvalue weighted by Crippen LogP contribution is -2.38. The zero-order valence-electron chi connectivity index (χ0n) is 18.0. The number of amides is 4. The summed E-state index contributed by atoms with van der Waals surface area (Å²) < 4.78 is 0. The summed E-state index contributed by atoms with van der Waals surface area (Å²) in [6.07, 6.45) is 2.94. The Morgan fingerprint density at radius 2 is 1.11 bits per heavy atom. The Bertz CT molecular complexity index is 1390. The van der Waals surface area contributed by atoms with Crippen LogP contribution in [0.15, 0.2) is 49.6 Å². The molecule has 0 atom stereocenters. The van der Waals surface area contributed by atoms with Crippen LogP contribution >= 0.6 is 0 Å². The molecule has 2 aliphatic rings. The Hall–Kier alpha value is -5.39. The molecule has 172 valence electrons. The van der Waals surface area contributed by atoms with Gasteiger partial charge in [0.2, 0.25) is 17.8 Å². The first-order valence-electron chi connectivity index (χ1n) is 10.2. The van der Waals surface area contributed by atoms with Gasteiger partial charge in [0.15, 0.2) is 0 Å². The van der Waals surface area contributed by atoms with Crippen molar-refractivity contribution in [2.45, 2.75) is 0 Å². The molecule has 4 amide bonds. The normalized spacial score (nSPS) is 14.2. The van der Waals surface area contributed by atoms with E-state index in [9.17, 15) is 19.2 Å². The standard InChI is InChI=1S/C23H16N8O4/c1-3-11-7-5-9-13-15(11)19(34)30(17(13)32)28-22-25-21(24)26-23(27-22)29-31-18(33)14-10-6-8-12(4-2)16(14)20(31)35/h3-10H,1-2H2,(H4,24,25,26,27,28,29). The van der Waals surface area contributed by atoms with Crippen LogP contribution in [0.5, 0.6) is 0 Å². The van der Waals surface area contributed by atoms with Crippen molar-refractivity contribution in [3.05, 3.63) is 82.9 Å². The predicted molar refractivity (Wildman–Crippen MR) is 126 cm³/mol. The van der Waals surface area contributed by atoms with Gasteiger partial charge in [-0.15, -0.1) is 0 Å². The first-order valence-corrected chi connectivity index (χ1v) is 10.2. The van der Waals surface area contributed by atoms with Crippen molar-refractivity contribution in [2.75, 3.05) is 16.6 Å². The van der Waals surface area contributed by atoms with Crippen LogP contribution in [0.1, 0.15) is 52.6 Å².